The van der Waals surface area contributed by atoms with E-state index < -0.39 is 40.1 Å². The van der Waals surface area contributed by atoms with Gasteiger partial charge in [0.2, 0.25) is 0 Å². The zero-order chi connectivity index (χ0) is 10.9. The summed E-state index contributed by atoms with van der Waals surface area (Å²) in [6.45, 7) is 0. The third-order valence-corrected chi connectivity index (χ3v) is 9.14. The monoisotopic (exact) mass is 470 g/mol. The van der Waals surface area contributed by atoms with Crippen LogP contribution in [-0.2, 0) is 28.8 Å². The maximum absolute atomic E-state index is 10.2. The van der Waals surface area contributed by atoms with E-state index in [0.717, 1.165) is 0 Å². The van der Waals surface area contributed by atoms with Crippen LogP contribution in [0.25, 0.3) is 0 Å². The molecule has 0 rings (SSSR count). The number of rotatable bonds is 4. The van der Waals surface area contributed by atoms with Gasteiger partial charge in [0.25, 0.3) is 0 Å². The molecule has 0 aromatic heterocycles. The zero-order valence-corrected chi connectivity index (χ0v) is 13.4. The van der Waals surface area contributed by atoms with Crippen LogP contribution in [-0.4, -0.2) is 48.5 Å². The van der Waals surface area contributed by atoms with E-state index >= 15 is 0 Å². The molecule has 112 valence electrons. The van der Waals surface area contributed by atoms with Crippen molar-refractivity contribution in [3.63, 3.8) is 0 Å². The Kier molecular flexibility index (Phi) is 16.1. The second-order valence-corrected chi connectivity index (χ2v) is 10.2. The summed E-state index contributed by atoms with van der Waals surface area (Å²) in [6, 6.07) is 0. The third-order valence-electron chi connectivity index (χ3n) is 0.339. The Morgan fingerprint density at radius 2 is 0.765 bits per heavy atom. The maximum atomic E-state index is 10.2. The van der Waals surface area contributed by atoms with E-state index in [2.05, 4.69) is 5.80 Å². The molecule has 0 amide bonds. The van der Waals surface area contributed by atoms with Gasteiger partial charge < -0.3 is 24.6 Å². The standard InChI is InChI=1S/4H3N.H2O10Se3/c;;;;1-11(2,3)9-13(7,8)10-12(4,5)6/h4*1H3;(H,1,2,3)(H,4,5,6). The second kappa shape index (κ2) is 9.03. The van der Waals surface area contributed by atoms with Crippen LogP contribution < -0.4 is 24.6 Å². The van der Waals surface area contributed by atoms with E-state index in [1.54, 1.807) is 0 Å². The van der Waals surface area contributed by atoms with Gasteiger partial charge in [0, 0.05) is 0 Å². The molecular formula is H14N4O10Se3. The Morgan fingerprint density at radius 3 is 0.882 bits per heavy atom. The van der Waals surface area contributed by atoms with Crippen LogP contribution in [0.2, 0.25) is 0 Å². The zero-order valence-electron chi connectivity index (χ0n) is 8.21. The van der Waals surface area contributed by atoms with Gasteiger partial charge in [-0.25, -0.2) is 0 Å². The first kappa shape index (κ1) is 30.2. The van der Waals surface area contributed by atoms with Crippen molar-refractivity contribution in [2.45, 2.75) is 0 Å². The topological polar surface area (TPSA) is 301 Å². The van der Waals surface area contributed by atoms with E-state index in [1.807, 2.05) is 0 Å². The van der Waals surface area contributed by atoms with E-state index in [0.29, 0.717) is 0 Å². The van der Waals surface area contributed by atoms with Gasteiger partial charge >= 0.3 is 77.3 Å². The van der Waals surface area contributed by atoms with E-state index in [9.17, 15) is 23.0 Å². The van der Waals surface area contributed by atoms with Gasteiger partial charge in [-0.1, -0.05) is 0 Å². The summed E-state index contributed by atoms with van der Waals surface area (Å²) < 4.78 is 81.4. The Hall–Kier alpha value is 0.0384. The van der Waals surface area contributed by atoms with E-state index in [4.69, 9.17) is 8.38 Å². The van der Waals surface area contributed by atoms with Crippen molar-refractivity contribution in [3.8, 4) is 0 Å². The van der Waals surface area contributed by atoms with Crippen LogP contribution in [0, 0.1) is 0 Å². The molecule has 0 saturated heterocycles. The van der Waals surface area contributed by atoms with Gasteiger partial charge in [-0.05, 0) is 0 Å². The van der Waals surface area contributed by atoms with Crippen molar-refractivity contribution in [1.82, 2.24) is 24.6 Å². The molecule has 0 atom stereocenters. The first-order valence-electron chi connectivity index (χ1n) is 2.03. The molecule has 0 fully saturated rings. The third kappa shape index (κ3) is 21.8. The van der Waals surface area contributed by atoms with Crippen LogP contribution >= 0.6 is 0 Å². The Morgan fingerprint density at radius 1 is 0.588 bits per heavy atom. The van der Waals surface area contributed by atoms with Crippen molar-refractivity contribution in [2.24, 2.45) is 0 Å². The molecule has 14 nitrogen and oxygen atoms in total. The fraction of sp³-hybridized carbons (Fsp3) is 0. The van der Waals surface area contributed by atoms with Gasteiger partial charge in [0.1, 0.15) is 0 Å². The Bertz CT molecular complexity index is 428. The fourth-order valence-corrected chi connectivity index (χ4v) is 7.28. The van der Waals surface area contributed by atoms with Crippen molar-refractivity contribution in [1.29, 1.82) is 0 Å². The number of hydrogen-bond donors (Lipinski definition) is 6. The number of hydrogen-bond acceptors (Lipinski definition) is 12. The molecule has 17 heavy (non-hydrogen) atoms. The van der Waals surface area contributed by atoms with Crippen LogP contribution in [0.1, 0.15) is 0 Å². The predicted octanol–water partition coefficient (Wildman–Crippen LogP) is -2.46. The first-order chi connectivity index (χ1) is 5.41. The van der Waals surface area contributed by atoms with Gasteiger partial charge in [-0.3, -0.25) is 0 Å². The summed E-state index contributed by atoms with van der Waals surface area (Å²) in [5, 5.41) is 0. The molecule has 0 spiro atoms. The van der Waals surface area contributed by atoms with Crippen molar-refractivity contribution in [2.75, 3.05) is 0 Å². The molecule has 0 saturated carbocycles. The van der Waals surface area contributed by atoms with Crippen molar-refractivity contribution in [3.05, 3.63) is 0 Å². The average molecular weight is 467 g/mol. The minimum absolute atomic E-state index is 0. The van der Waals surface area contributed by atoms with Crippen molar-refractivity contribution >= 4 is 40.1 Å². The second-order valence-electron chi connectivity index (χ2n) is 1.40. The summed E-state index contributed by atoms with van der Waals surface area (Å²) in [6.07, 6.45) is 0. The molecule has 17 heteroatoms. The molecule has 14 N–H and O–H groups in total. The van der Waals surface area contributed by atoms with Crippen LogP contribution in [0.5, 0.6) is 0 Å². The molecule has 0 aromatic carbocycles. The van der Waals surface area contributed by atoms with Gasteiger partial charge in [0.15, 0.2) is 0 Å². The summed E-state index contributed by atoms with van der Waals surface area (Å²) in [4.78, 5) is 0. The molecule has 0 aromatic rings. The molecule has 0 heterocycles. The van der Waals surface area contributed by atoms with Crippen LogP contribution in [0.3, 0.4) is 0 Å². The molecule has 0 radical (unpaired) electrons. The summed E-state index contributed by atoms with van der Waals surface area (Å²) in [7, 11) is 0. The molecule has 0 unspecified atom stereocenters. The minimum atomic E-state index is -6.27. The molecule has 0 aliphatic carbocycles. The van der Waals surface area contributed by atoms with Crippen LogP contribution in [0.4, 0.5) is 0 Å². The summed E-state index contributed by atoms with van der Waals surface area (Å²) in [5.74, 6) is 0. The SMILES string of the molecule is N.N.N.N.O=[Se](=O)(O)O[Se](=O)(=O)O[Se](=O)(=O)O. The molecule has 0 aliphatic rings. The molecule has 0 bridgehead atoms. The summed E-state index contributed by atoms with van der Waals surface area (Å²) >= 11 is -18.5. The van der Waals surface area contributed by atoms with Crippen molar-refractivity contribution < 1.29 is 37.2 Å². The summed E-state index contributed by atoms with van der Waals surface area (Å²) in [5.41, 5.74) is 0. The Labute approximate surface area is 102 Å². The van der Waals surface area contributed by atoms with Gasteiger partial charge in [0.05, 0.1) is 0 Å². The Balaban J connectivity index is -0.000000120. The van der Waals surface area contributed by atoms with Gasteiger partial charge in [-0.15, -0.1) is 0 Å². The first-order valence-corrected chi connectivity index (χ1v) is 10.6. The van der Waals surface area contributed by atoms with Crippen LogP contribution in [0.15, 0.2) is 0 Å². The predicted molar refractivity (Wildman–Crippen MR) is 48.1 cm³/mol. The molecular weight excluding hydrogens is 453 g/mol. The van der Waals surface area contributed by atoms with E-state index in [1.165, 1.54) is 0 Å². The van der Waals surface area contributed by atoms with E-state index in [-0.39, 0.29) is 24.6 Å². The molecule has 0 aliphatic heterocycles. The average Bonchev–Trinajstić information content (AvgIpc) is 1.43. The normalized spacial score (nSPS) is 10.9. The van der Waals surface area contributed by atoms with Gasteiger partial charge in [-0.2, -0.15) is 0 Å². The fourth-order valence-electron chi connectivity index (χ4n) is 0.222. The quantitative estimate of drug-likeness (QED) is 0.234.